The normalized spacial score (nSPS) is 19.6. The molecule has 1 saturated heterocycles. The van der Waals surface area contributed by atoms with Crippen LogP contribution in [0, 0.1) is 11.3 Å². The maximum Gasteiger partial charge on any atom is 0.255 e. The van der Waals surface area contributed by atoms with E-state index in [4.69, 9.17) is 28.8 Å². The van der Waals surface area contributed by atoms with Crippen LogP contribution in [0.2, 0.25) is 0 Å². The minimum Gasteiger partial charge on any atom is -0.493 e. The van der Waals surface area contributed by atoms with Crippen molar-refractivity contribution in [3.8, 4) is 40.0 Å². The lowest BCUT2D eigenvalue weighted by molar-refractivity contribution is -0.145. The van der Waals surface area contributed by atoms with E-state index in [1.54, 1.807) is 23.2 Å². The fourth-order valence-corrected chi connectivity index (χ4v) is 8.29. The first-order valence-electron chi connectivity index (χ1n) is 19.6. The minimum absolute atomic E-state index is 0.0322. The number of carbonyl (C=O) groups excluding carboxylic acids is 3. The number of fused-ring (bicyclic) bond motifs is 3. The molecular weight excluding hydrogens is 731 g/mol. The molecule has 2 aromatic carbocycles. The molecule has 57 heavy (non-hydrogen) atoms. The number of rotatable bonds is 10. The molecule has 4 aliphatic heterocycles. The van der Waals surface area contributed by atoms with E-state index in [-0.39, 0.29) is 42.4 Å². The lowest BCUT2D eigenvalue weighted by atomic mass is 9.80. The molecule has 1 aliphatic carbocycles. The van der Waals surface area contributed by atoms with Crippen LogP contribution in [0.5, 0.6) is 28.7 Å². The maximum atomic E-state index is 13.8. The number of aromatic nitrogens is 3. The first-order valence-corrected chi connectivity index (χ1v) is 19.6. The summed E-state index contributed by atoms with van der Waals surface area (Å²) < 4.78 is 29.6. The van der Waals surface area contributed by atoms with E-state index in [9.17, 15) is 14.4 Å². The van der Waals surface area contributed by atoms with E-state index in [2.05, 4.69) is 34.1 Å². The highest BCUT2D eigenvalue weighted by atomic mass is 16.7. The molecule has 5 aliphatic rings. The Morgan fingerprint density at radius 1 is 0.982 bits per heavy atom. The van der Waals surface area contributed by atoms with Gasteiger partial charge in [-0.2, -0.15) is 5.10 Å². The number of nitrogens with one attached hydrogen (secondary N) is 2. The molecule has 0 bridgehead atoms. The van der Waals surface area contributed by atoms with Crippen molar-refractivity contribution in [2.75, 3.05) is 40.1 Å². The lowest BCUT2D eigenvalue weighted by Gasteiger charge is -2.42. The zero-order valence-corrected chi connectivity index (χ0v) is 32.9. The Hall–Kier alpha value is -5.86. The summed E-state index contributed by atoms with van der Waals surface area (Å²) in [6.07, 6.45) is 7.57. The topological polar surface area (TPSA) is 170 Å². The Bertz CT molecular complexity index is 2320. The third-order valence-corrected chi connectivity index (χ3v) is 11.5. The second-order valence-corrected chi connectivity index (χ2v) is 16.8. The molecule has 6 heterocycles. The molecule has 0 radical (unpaired) electrons. The summed E-state index contributed by atoms with van der Waals surface area (Å²) in [5.41, 5.74) is 4.16. The average Bonchev–Trinajstić information content (AvgIpc) is 3.55. The number of benzene rings is 2. The van der Waals surface area contributed by atoms with Crippen molar-refractivity contribution < 1.29 is 38.1 Å². The van der Waals surface area contributed by atoms with E-state index in [1.807, 2.05) is 38.1 Å². The van der Waals surface area contributed by atoms with Gasteiger partial charge < -0.3 is 38.9 Å². The quantitative estimate of drug-likeness (QED) is 0.217. The smallest absolute Gasteiger partial charge is 0.255 e. The molecule has 1 saturated carbocycles. The van der Waals surface area contributed by atoms with Gasteiger partial charge in [-0.05, 0) is 69.7 Å². The molecule has 2 fully saturated rings. The van der Waals surface area contributed by atoms with Crippen LogP contribution in [-0.4, -0.2) is 100 Å². The third kappa shape index (κ3) is 6.76. The van der Waals surface area contributed by atoms with Gasteiger partial charge in [0.2, 0.25) is 18.6 Å². The summed E-state index contributed by atoms with van der Waals surface area (Å²) in [7, 11) is 1.63. The van der Waals surface area contributed by atoms with E-state index in [0.717, 1.165) is 35.4 Å². The number of carbonyl (C=O) groups is 3. The number of hydrogen-bond donors (Lipinski definition) is 2. The van der Waals surface area contributed by atoms with Crippen LogP contribution in [0.15, 0.2) is 41.9 Å². The van der Waals surface area contributed by atoms with Crippen molar-refractivity contribution in [2.45, 2.75) is 77.9 Å². The van der Waals surface area contributed by atoms with Crippen LogP contribution in [0.3, 0.4) is 0 Å². The number of nitrogens with zero attached hydrogens (tertiary/aromatic N) is 5. The summed E-state index contributed by atoms with van der Waals surface area (Å²) in [5, 5.41) is 9.43. The van der Waals surface area contributed by atoms with Gasteiger partial charge in [-0.1, -0.05) is 13.8 Å². The summed E-state index contributed by atoms with van der Waals surface area (Å²) in [5.74, 6) is 2.98. The van der Waals surface area contributed by atoms with Crippen LogP contribution >= 0.6 is 0 Å². The van der Waals surface area contributed by atoms with Gasteiger partial charge in [0.1, 0.15) is 28.9 Å². The van der Waals surface area contributed by atoms with Crippen molar-refractivity contribution in [3.63, 3.8) is 0 Å². The van der Waals surface area contributed by atoms with Crippen LogP contribution in [0.1, 0.15) is 81.3 Å². The predicted octanol–water partition coefficient (Wildman–Crippen LogP) is 5.25. The second kappa shape index (κ2) is 14.0. The summed E-state index contributed by atoms with van der Waals surface area (Å²) >= 11 is 0. The van der Waals surface area contributed by atoms with Crippen LogP contribution in [0.25, 0.3) is 22.3 Å². The van der Waals surface area contributed by atoms with Gasteiger partial charge in [0.15, 0.2) is 23.0 Å². The van der Waals surface area contributed by atoms with Crippen LogP contribution in [0.4, 0.5) is 0 Å². The predicted molar refractivity (Wildman–Crippen MR) is 209 cm³/mol. The summed E-state index contributed by atoms with van der Waals surface area (Å²) in [4.78, 5) is 54.7. The number of ether oxygens (including phenoxy) is 5. The van der Waals surface area contributed by atoms with Crippen molar-refractivity contribution in [1.29, 1.82) is 0 Å². The molecule has 0 spiro atoms. The van der Waals surface area contributed by atoms with Gasteiger partial charge >= 0.3 is 0 Å². The molecule has 298 valence electrons. The standard InChI is InChI=1S/C42H47N7O8/c1-41(2)17-28(25-8-9-30(53-5)37-26(25)16-42(3,4)57-37)47-49(40(41)52)24-12-14-48(15-13-24)32(50)19-44-39(51)27-18-43-36-34(27)45-21-46-35(36)33-29(54-20-23-6-7-23)10-11-31-38(33)56-22-55-31/h8-11,18,21,23-24,43H,6-7,12-17,19-20,22H2,1-5H3,(H,44,51). The number of hydrogen-bond acceptors (Lipinski definition) is 11. The van der Waals surface area contributed by atoms with E-state index in [0.29, 0.717) is 96.6 Å². The molecular formula is C42H47N7O8. The molecule has 3 amide bonds. The zero-order valence-electron chi connectivity index (χ0n) is 32.9. The monoisotopic (exact) mass is 777 g/mol. The summed E-state index contributed by atoms with van der Waals surface area (Å²) in [6, 6.07) is 7.42. The van der Waals surface area contributed by atoms with Crippen LogP contribution < -0.4 is 29.0 Å². The Morgan fingerprint density at radius 3 is 2.54 bits per heavy atom. The van der Waals surface area contributed by atoms with E-state index >= 15 is 0 Å². The Balaban J connectivity index is 0.869. The number of methoxy groups -OCH3 is 1. The molecule has 4 aromatic rings. The fourth-order valence-electron chi connectivity index (χ4n) is 8.29. The van der Waals surface area contributed by atoms with Crippen molar-refractivity contribution in [2.24, 2.45) is 16.4 Å². The van der Waals surface area contributed by atoms with Gasteiger partial charge in [-0.3, -0.25) is 14.4 Å². The maximum absolute atomic E-state index is 13.8. The lowest BCUT2D eigenvalue weighted by Crippen LogP contribution is -2.53. The highest BCUT2D eigenvalue weighted by molar-refractivity contribution is 6.09. The first kappa shape index (κ1) is 36.8. The average molecular weight is 778 g/mol. The minimum atomic E-state index is -0.667. The van der Waals surface area contributed by atoms with Crippen molar-refractivity contribution in [1.82, 2.24) is 30.2 Å². The fraction of sp³-hybridized carbons (Fsp3) is 0.476. The highest BCUT2D eigenvalue weighted by Gasteiger charge is 2.44. The molecule has 15 heteroatoms. The van der Waals surface area contributed by atoms with Gasteiger partial charge in [0.25, 0.3) is 5.91 Å². The van der Waals surface area contributed by atoms with Gasteiger partial charge in [0.05, 0.1) is 54.1 Å². The number of amides is 3. The second-order valence-electron chi connectivity index (χ2n) is 16.8. The third-order valence-electron chi connectivity index (χ3n) is 11.5. The van der Waals surface area contributed by atoms with Gasteiger partial charge in [-0.25, -0.2) is 15.0 Å². The largest absolute Gasteiger partial charge is 0.493 e. The number of H-pyrrole nitrogens is 1. The molecule has 0 unspecified atom stereocenters. The molecule has 0 atom stereocenters. The number of hydrazone groups is 1. The molecule has 9 rings (SSSR count). The van der Waals surface area contributed by atoms with Crippen molar-refractivity contribution >= 4 is 34.5 Å². The van der Waals surface area contributed by atoms with Gasteiger partial charge in [0, 0.05) is 43.3 Å². The molecule has 15 nitrogen and oxygen atoms in total. The highest BCUT2D eigenvalue weighted by Crippen LogP contribution is 2.49. The summed E-state index contributed by atoms with van der Waals surface area (Å²) in [6.45, 7) is 9.36. The SMILES string of the molecule is COc1ccc(C2=NN(C3CCN(C(=O)CNC(=O)c4c[nH]c5c(-c6c(OCC7CC7)ccc7c6OCO7)ncnc45)CC3)C(=O)C(C)(C)C2)c2c1OC(C)(C)C2. The van der Waals surface area contributed by atoms with E-state index in [1.165, 1.54) is 6.33 Å². The molecule has 2 N–H and O–H groups in total. The number of likely N-dealkylation sites (tertiary alicyclic amines) is 1. The Morgan fingerprint density at radius 2 is 1.77 bits per heavy atom. The number of piperidine rings is 1. The Labute approximate surface area is 330 Å². The zero-order chi connectivity index (χ0) is 39.6. The van der Waals surface area contributed by atoms with Crippen LogP contribution in [-0.2, 0) is 16.0 Å². The Kier molecular flexibility index (Phi) is 9.00. The van der Waals surface area contributed by atoms with Gasteiger partial charge in [-0.15, -0.1) is 0 Å². The first-order chi connectivity index (χ1) is 27.4. The van der Waals surface area contributed by atoms with E-state index < -0.39 is 11.3 Å². The molecule has 2 aromatic heterocycles. The van der Waals surface area contributed by atoms with Crippen molar-refractivity contribution in [3.05, 3.63) is 53.5 Å². The number of aromatic amines is 1.